The molecule has 0 aliphatic rings. The van der Waals surface area contributed by atoms with Crippen LogP contribution in [-0.4, -0.2) is 18.5 Å². The van der Waals surface area contributed by atoms with Crippen molar-refractivity contribution in [3.8, 4) is 0 Å². The van der Waals surface area contributed by atoms with Crippen LogP contribution in [-0.2, 0) is 10.3 Å². The van der Waals surface area contributed by atoms with Gasteiger partial charge < -0.3 is 10.1 Å². The standard InChI is InChI=1S/C15H21NO2S/c1-11(2)12-6-5-7-13(10-12)15(3,4)16-14(17)18-8-9-19/h5-7,10,19H,1,8-9H2,2-4H3,(H,16,17). The number of ether oxygens (including phenoxy) is 1. The minimum absolute atomic E-state index is 0.302. The molecule has 0 atom stereocenters. The molecule has 1 amide bonds. The zero-order chi connectivity index (χ0) is 14.5. The SMILES string of the molecule is C=C(C)c1cccc(C(C)(C)NC(=O)OCCS)c1. The summed E-state index contributed by atoms with van der Waals surface area (Å²) in [5.74, 6) is 0.513. The maximum Gasteiger partial charge on any atom is 0.407 e. The van der Waals surface area contributed by atoms with Crippen molar-refractivity contribution in [2.24, 2.45) is 0 Å². The van der Waals surface area contributed by atoms with E-state index in [0.717, 1.165) is 16.7 Å². The predicted octanol–water partition coefficient (Wildman–Crippen LogP) is 3.61. The quantitative estimate of drug-likeness (QED) is 0.808. The molecule has 0 unspecified atom stereocenters. The van der Waals surface area contributed by atoms with Crippen LogP contribution in [0.15, 0.2) is 30.8 Å². The maximum atomic E-state index is 11.6. The summed E-state index contributed by atoms with van der Waals surface area (Å²) in [7, 11) is 0. The second-order valence-corrected chi connectivity index (χ2v) is 5.42. The average molecular weight is 279 g/mol. The van der Waals surface area contributed by atoms with Crippen molar-refractivity contribution in [2.75, 3.05) is 12.4 Å². The van der Waals surface area contributed by atoms with Gasteiger partial charge in [0.15, 0.2) is 0 Å². The summed E-state index contributed by atoms with van der Waals surface area (Å²) in [5, 5.41) is 2.85. The lowest BCUT2D eigenvalue weighted by Crippen LogP contribution is -2.41. The highest BCUT2D eigenvalue weighted by molar-refractivity contribution is 7.80. The van der Waals surface area contributed by atoms with Gasteiger partial charge in [-0.1, -0.05) is 30.4 Å². The zero-order valence-electron chi connectivity index (χ0n) is 11.7. The van der Waals surface area contributed by atoms with E-state index in [4.69, 9.17) is 4.74 Å². The number of amides is 1. The summed E-state index contributed by atoms with van der Waals surface area (Å²) >= 11 is 4.00. The van der Waals surface area contributed by atoms with Crippen LogP contribution < -0.4 is 5.32 Å². The summed E-state index contributed by atoms with van der Waals surface area (Å²) < 4.78 is 4.98. The molecule has 3 nitrogen and oxygen atoms in total. The van der Waals surface area contributed by atoms with E-state index in [-0.39, 0.29) is 0 Å². The molecule has 0 fully saturated rings. The van der Waals surface area contributed by atoms with Gasteiger partial charge >= 0.3 is 6.09 Å². The number of thiol groups is 1. The van der Waals surface area contributed by atoms with Crippen LogP contribution in [0, 0.1) is 0 Å². The zero-order valence-corrected chi connectivity index (χ0v) is 12.6. The Morgan fingerprint density at radius 3 is 2.74 bits per heavy atom. The molecule has 0 saturated carbocycles. The van der Waals surface area contributed by atoms with E-state index in [1.54, 1.807) is 0 Å². The molecule has 0 spiro atoms. The lowest BCUT2D eigenvalue weighted by molar-refractivity contribution is 0.142. The average Bonchev–Trinajstić information content (AvgIpc) is 2.36. The minimum atomic E-state index is -0.501. The maximum absolute atomic E-state index is 11.6. The number of benzene rings is 1. The molecule has 0 heterocycles. The summed E-state index contributed by atoms with van der Waals surface area (Å²) in [6.07, 6.45) is -0.431. The van der Waals surface area contributed by atoms with Crippen molar-refractivity contribution in [1.82, 2.24) is 5.32 Å². The highest BCUT2D eigenvalue weighted by Crippen LogP contribution is 2.23. The molecule has 0 saturated heterocycles. The van der Waals surface area contributed by atoms with Gasteiger partial charge in [-0.25, -0.2) is 4.79 Å². The molecule has 0 aliphatic heterocycles. The first kappa shape index (κ1) is 15.6. The highest BCUT2D eigenvalue weighted by Gasteiger charge is 2.23. The van der Waals surface area contributed by atoms with Gasteiger partial charge in [0.25, 0.3) is 0 Å². The molecule has 0 bridgehead atoms. The largest absolute Gasteiger partial charge is 0.449 e. The van der Waals surface area contributed by atoms with E-state index in [2.05, 4.69) is 24.5 Å². The Labute approximate surface area is 120 Å². The smallest absolute Gasteiger partial charge is 0.407 e. The van der Waals surface area contributed by atoms with Crippen LogP contribution in [0.4, 0.5) is 4.79 Å². The van der Waals surface area contributed by atoms with E-state index in [9.17, 15) is 4.79 Å². The Morgan fingerprint density at radius 2 is 2.16 bits per heavy atom. The number of hydrogen-bond donors (Lipinski definition) is 2. The summed E-state index contributed by atoms with van der Waals surface area (Å²) in [4.78, 5) is 11.6. The Bertz CT molecular complexity index is 469. The van der Waals surface area contributed by atoms with Crippen LogP contribution in [0.25, 0.3) is 5.57 Å². The van der Waals surface area contributed by atoms with Crippen molar-refractivity contribution < 1.29 is 9.53 Å². The van der Waals surface area contributed by atoms with E-state index < -0.39 is 11.6 Å². The Balaban J connectivity index is 2.84. The molecule has 19 heavy (non-hydrogen) atoms. The second kappa shape index (κ2) is 6.66. The van der Waals surface area contributed by atoms with Crippen molar-refractivity contribution in [1.29, 1.82) is 0 Å². The Morgan fingerprint density at radius 1 is 1.47 bits per heavy atom. The van der Waals surface area contributed by atoms with E-state index in [0.29, 0.717) is 12.4 Å². The normalized spacial score (nSPS) is 10.9. The number of nitrogens with one attached hydrogen (secondary N) is 1. The third kappa shape index (κ3) is 4.63. The van der Waals surface area contributed by atoms with Crippen molar-refractivity contribution in [3.63, 3.8) is 0 Å². The molecule has 104 valence electrons. The Kier molecular flexibility index (Phi) is 5.48. The predicted molar refractivity (Wildman–Crippen MR) is 82.5 cm³/mol. The van der Waals surface area contributed by atoms with Gasteiger partial charge in [-0.3, -0.25) is 0 Å². The lowest BCUT2D eigenvalue weighted by Gasteiger charge is -2.27. The van der Waals surface area contributed by atoms with Gasteiger partial charge in [-0.2, -0.15) is 12.6 Å². The van der Waals surface area contributed by atoms with Crippen LogP contribution >= 0.6 is 12.6 Å². The number of carbonyl (C=O) groups is 1. The molecule has 0 radical (unpaired) electrons. The van der Waals surface area contributed by atoms with Crippen LogP contribution in [0.3, 0.4) is 0 Å². The molecule has 1 aromatic carbocycles. The summed E-state index contributed by atoms with van der Waals surface area (Å²) in [5.41, 5.74) is 2.57. The number of alkyl carbamates (subject to hydrolysis) is 1. The van der Waals surface area contributed by atoms with E-state index in [1.807, 2.05) is 45.0 Å². The highest BCUT2D eigenvalue weighted by atomic mass is 32.1. The monoisotopic (exact) mass is 279 g/mol. The third-order valence-corrected chi connectivity index (χ3v) is 3.00. The fourth-order valence-electron chi connectivity index (χ4n) is 1.68. The van der Waals surface area contributed by atoms with Crippen molar-refractivity contribution in [2.45, 2.75) is 26.3 Å². The van der Waals surface area contributed by atoms with Gasteiger partial charge in [0.2, 0.25) is 0 Å². The fourth-order valence-corrected chi connectivity index (χ4v) is 1.77. The van der Waals surface area contributed by atoms with Gasteiger partial charge in [-0.15, -0.1) is 0 Å². The van der Waals surface area contributed by atoms with Gasteiger partial charge in [0.1, 0.15) is 6.61 Å². The van der Waals surface area contributed by atoms with Crippen molar-refractivity contribution >= 4 is 24.3 Å². The van der Waals surface area contributed by atoms with E-state index >= 15 is 0 Å². The molecule has 1 N–H and O–H groups in total. The molecular weight excluding hydrogens is 258 g/mol. The Hall–Kier alpha value is -1.42. The van der Waals surface area contributed by atoms with Gasteiger partial charge in [-0.05, 0) is 38.0 Å². The molecule has 1 rings (SSSR count). The second-order valence-electron chi connectivity index (χ2n) is 4.97. The lowest BCUT2D eigenvalue weighted by atomic mass is 9.92. The number of rotatable bonds is 5. The van der Waals surface area contributed by atoms with Crippen LogP contribution in [0.5, 0.6) is 0 Å². The fraction of sp³-hybridized carbons (Fsp3) is 0.400. The molecule has 0 aliphatic carbocycles. The molecule has 0 aromatic heterocycles. The van der Waals surface area contributed by atoms with E-state index in [1.165, 1.54) is 0 Å². The van der Waals surface area contributed by atoms with Crippen LogP contribution in [0.1, 0.15) is 31.9 Å². The van der Waals surface area contributed by atoms with Gasteiger partial charge in [0, 0.05) is 5.75 Å². The first-order valence-electron chi connectivity index (χ1n) is 6.19. The number of carbonyl (C=O) groups excluding carboxylic acids is 1. The van der Waals surface area contributed by atoms with Crippen LogP contribution in [0.2, 0.25) is 0 Å². The van der Waals surface area contributed by atoms with Gasteiger partial charge in [0.05, 0.1) is 5.54 Å². The van der Waals surface area contributed by atoms with Crippen molar-refractivity contribution in [3.05, 3.63) is 42.0 Å². The third-order valence-electron chi connectivity index (χ3n) is 2.82. The first-order valence-corrected chi connectivity index (χ1v) is 6.82. The first-order chi connectivity index (χ1) is 8.86. The molecule has 4 heteroatoms. The minimum Gasteiger partial charge on any atom is -0.449 e. The molecular formula is C15H21NO2S. The number of allylic oxidation sites excluding steroid dienone is 1. The molecule has 1 aromatic rings. The summed E-state index contributed by atoms with van der Waals surface area (Å²) in [6, 6.07) is 7.97. The summed E-state index contributed by atoms with van der Waals surface area (Å²) in [6.45, 7) is 10.1. The number of hydrogen-bond acceptors (Lipinski definition) is 3. The topological polar surface area (TPSA) is 38.3 Å².